The first-order valence-electron chi connectivity index (χ1n) is 7.81. The topological polar surface area (TPSA) is 58.9 Å². The van der Waals surface area contributed by atoms with Crippen LogP contribution in [0.4, 0.5) is 0 Å². The van der Waals surface area contributed by atoms with E-state index in [-0.39, 0.29) is 6.61 Å². The van der Waals surface area contributed by atoms with Gasteiger partial charge in [0.05, 0.1) is 6.61 Å². The first-order valence-corrected chi connectivity index (χ1v) is 7.81. The van der Waals surface area contributed by atoms with Crippen molar-refractivity contribution in [3.8, 4) is 0 Å². The Morgan fingerprint density at radius 2 is 1.86 bits per heavy atom. The fourth-order valence-electron chi connectivity index (χ4n) is 3.59. The summed E-state index contributed by atoms with van der Waals surface area (Å²) in [5.74, 6) is -0.629. The van der Waals surface area contributed by atoms with Gasteiger partial charge in [-0.3, -0.25) is 0 Å². The molecular weight excluding hydrogens is 268 g/mol. The number of aliphatic hydroxyl groups excluding tert-OH is 2. The molecule has 0 amide bonds. The quantitative estimate of drug-likeness (QED) is 0.899. The highest BCUT2D eigenvalue weighted by Gasteiger charge is 2.57. The van der Waals surface area contributed by atoms with E-state index in [9.17, 15) is 10.2 Å². The molecule has 0 radical (unpaired) electrons. The van der Waals surface area contributed by atoms with Crippen LogP contribution in [0.2, 0.25) is 0 Å². The summed E-state index contributed by atoms with van der Waals surface area (Å²) in [4.78, 5) is 0. The van der Waals surface area contributed by atoms with Gasteiger partial charge < -0.3 is 19.7 Å². The summed E-state index contributed by atoms with van der Waals surface area (Å²) < 4.78 is 12.3. The van der Waals surface area contributed by atoms with Crippen LogP contribution in [0.5, 0.6) is 0 Å². The molecule has 3 rings (SSSR count). The standard InChI is InChI=1S/C17H24O4/c1-16(15(19)13-8-4-2-5-9-13)14(12-18)20-17(21-16)10-6-3-7-11-17/h2,4-5,8-9,14-15,18-19H,3,6-7,10-12H2,1H3/t14-,15-,16-/m0/s1. The van der Waals surface area contributed by atoms with Crippen molar-refractivity contribution in [1.29, 1.82) is 0 Å². The van der Waals surface area contributed by atoms with Crippen molar-refractivity contribution >= 4 is 0 Å². The van der Waals surface area contributed by atoms with E-state index in [1.807, 2.05) is 37.3 Å². The molecule has 1 saturated heterocycles. The molecule has 1 saturated carbocycles. The molecular formula is C17H24O4. The number of benzene rings is 1. The van der Waals surface area contributed by atoms with E-state index in [0.29, 0.717) is 0 Å². The van der Waals surface area contributed by atoms with Crippen LogP contribution in [0.3, 0.4) is 0 Å². The van der Waals surface area contributed by atoms with Crippen LogP contribution in [0, 0.1) is 0 Å². The number of hydrogen-bond acceptors (Lipinski definition) is 4. The van der Waals surface area contributed by atoms with Crippen LogP contribution in [0.1, 0.15) is 50.7 Å². The second kappa shape index (κ2) is 5.69. The Balaban J connectivity index is 1.87. The molecule has 21 heavy (non-hydrogen) atoms. The number of hydrogen-bond donors (Lipinski definition) is 2. The van der Waals surface area contributed by atoms with E-state index in [0.717, 1.165) is 31.2 Å². The molecule has 2 fully saturated rings. The Morgan fingerprint density at radius 3 is 2.48 bits per heavy atom. The molecule has 2 N–H and O–H groups in total. The van der Waals surface area contributed by atoms with Gasteiger partial charge in [0, 0.05) is 12.8 Å². The highest BCUT2D eigenvalue weighted by molar-refractivity contribution is 5.22. The van der Waals surface area contributed by atoms with Crippen molar-refractivity contribution in [2.24, 2.45) is 0 Å². The number of rotatable bonds is 3. The highest BCUT2D eigenvalue weighted by Crippen LogP contribution is 2.49. The minimum atomic E-state index is -0.923. The van der Waals surface area contributed by atoms with Gasteiger partial charge in [-0.1, -0.05) is 36.8 Å². The third-order valence-electron chi connectivity index (χ3n) is 4.84. The van der Waals surface area contributed by atoms with Crippen LogP contribution in [0.15, 0.2) is 30.3 Å². The molecule has 3 atom stereocenters. The summed E-state index contributed by atoms with van der Waals surface area (Å²) in [6, 6.07) is 9.44. The third-order valence-corrected chi connectivity index (χ3v) is 4.84. The van der Waals surface area contributed by atoms with Gasteiger partial charge in [0.15, 0.2) is 5.79 Å². The van der Waals surface area contributed by atoms with Crippen LogP contribution in [-0.2, 0) is 9.47 Å². The minimum Gasteiger partial charge on any atom is -0.394 e. The Kier molecular flexibility index (Phi) is 4.06. The third kappa shape index (κ3) is 2.61. The molecule has 1 spiro atoms. The minimum absolute atomic E-state index is 0.151. The lowest BCUT2D eigenvalue weighted by Gasteiger charge is -2.36. The van der Waals surface area contributed by atoms with E-state index in [1.54, 1.807) is 0 Å². The molecule has 0 bridgehead atoms. The lowest BCUT2D eigenvalue weighted by atomic mass is 9.88. The van der Waals surface area contributed by atoms with Gasteiger partial charge in [-0.05, 0) is 25.3 Å². The maximum absolute atomic E-state index is 10.8. The van der Waals surface area contributed by atoms with E-state index < -0.39 is 23.6 Å². The maximum atomic E-state index is 10.8. The van der Waals surface area contributed by atoms with E-state index in [4.69, 9.17) is 9.47 Å². The Bertz CT molecular complexity index is 469. The average molecular weight is 292 g/mol. The molecule has 1 aliphatic heterocycles. The Labute approximate surface area is 125 Å². The van der Waals surface area contributed by atoms with Gasteiger partial charge >= 0.3 is 0 Å². The Morgan fingerprint density at radius 1 is 1.19 bits per heavy atom. The van der Waals surface area contributed by atoms with Gasteiger partial charge in [0.1, 0.15) is 17.8 Å². The number of aliphatic hydroxyl groups is 2. The zero-order valence-electron chi connectivity index (χ0n) is 12.5. The molecule has 1 heterocycles. The molecule has 1 aliphatic carbocycles. The molecule has 2 aliphatic rings. The largest absolute Gasteiger partial charge is 0.394 e. The van der Waals surface area contributed by atoms with Crippen LogP contribution in [0.25, 0.3) is 0 Å². The zero-order chi connectivity index (χ0) is 14.9. The van der Waals surface area contributed by atoms with E-state index in [1.165, 1.54) is 6.42 Å². The Hall–Kier alpha value is -0.940. The van der Waals surface area contributed by atoms with Crippen molar-refractivity contribution in [1.82, 2.24) is 0 Å². The van der Waals surface area contributed by atoms with Gasteiger partial charge in [0.2, 0.25) is 0 Å². The van der Waals surface area contributed by atoms with Crippen molar-refractivity contribution in [2.45, 2.75) is 62.6 Å². The van der Waals surface area contributed by atoms with Crippen molar-refractivity contribution in [3.63, 3.8) is 0 Å². The summed E-state index contributed by atoms with van der Waals surface area (Å²) in [5.41, 5.74) is -0.136. The summed E-state index contributed by atoms with van der Waals surface area (Å²) in [7, 11) is 0. The van der Waals surface area contributed by atoms with Gasteiger partial charge in [0.25, 0.3) is 0 Å². The molecule has 116 valence electrons. The van der Waals surface area contributed by atoms with Crippen molar-refractivity contribution in [2.75, 3.05) is 6.61 Å². The van der Waals surface area contributed by atoms with Crippen LogP contribution in [-0.4, -0.2) is 34.3 Å². The zero-order valence-corrected chi connectivity index (χ0v) is 12.5. The first kappa shape index (κ1) is 15.0. The molecule has 1 aromatic rings. The fourth-order valence-corrected chi connectivity index (χ4v) is 3.59. The number of ether oxygens (including phenoxy) is 2. The second-order valence-corrected chi connectivity index (χ2v) is 6.36. The van der Waals surface area contributed by atoms with E-state index >= 15 is 0 Å². The second-order valence-electron chi connectivity index (χ2n) is 6.36. The monoisotopic (exact) mass is 292 g/mol. The van der Waals surface area contributed by atoms with Crippen LogP contribution >= 0.6 is 0 Å². The SMILES string of the molecule is C[C@]1([C@@H](O)c2ccccc2)OC2(CCCCC2)O[C@H]1CO. The predicted octanol–water partition coefficient (Wildman–Crippen LogP) is 2.55. The van der Waals surface area contributed by atoms with Crippen molar-refractivity contribution in [3.05, 3.63) is 35.9 Å². The van der Waals surface area contributed by atoms with E-state index in [2.05, 4.69) is 0 Å². The molecule has 4 nitrogen and oxygen atoms in total. The lowest BCUT2D eigenvalue weighted by molar-refractivity contribution is -0.218. The molecule has 4 heteroatoms. The summed E-state index contributed by atoms with van der Waals surface area (Å²) in [6.45, 7) is 1.69. The smallest absolute Gasteiger partial charge is 0.169 e. The summed E-state index contributed by atoms with van der Waals surface area (Å²) >= 11 is 0. The van der Waals surface area contributed by atoms with Crippen molar-refractivity contribution < 1.29 is 19.7 Å². The highest BCUT2D eigenvalue weighted by atomic mass is 16.8. The molecule has 1 aromatic carbocycles. The normalized spacial score (nSPS) is 33.2. The summed E-state index contributed by atoms with van der Waals surface area (Å²) in [5, 5.41) is 20.5. The fraction of sp³-hybridized carbons (Fsp3) is 0.647. The van der Waals surface area contributed by atoms with Crippen LogP contribution < -0.4 is 0 Å². The first-order chi connectivity index (χ1) is 10.1. The van der Waals surface area contributed by atoms with Gasteiger partial charge in [-0.25, -0.2) is 0 Å². The van der Waals surface area contributed by atoms with Gasteiger partial charge in [-0.15, -0.1) is 0 Å². The lowest BCUT2D eigenvalue weighted by Crippen LogP contribution is -2.45. The average Bonchev–Trinajstić information content (AvgIpc) is 2.81. The molecule has 0 unspecified atom stereocenters. The van der Waals surface area contributed by atoms with Gasteiger partial charge in [-0.2, -0.15) is 0 Å². The predicted molar refractivity (Wildman–Crippen MR) is 78.7 cm³/mol. The molecule has 0 aromatic heterocycles. The maximum Gasteiger partial charge on any atom is 0.169 e. The summed E-state index contributed by atoms with van der Waals surface area (Å²) in [6.07, 6.45) is 3.66.